The molecule has 2 aromatic carbocycles. The minimum absolute atomic E-state index is 0.918. The summed E-state index contributed by atoms with van der Waals surface area (Å²) in [4.78, 5) is 2.70. The largest absolute Gasteiger partial charge is 0.381 e. The van der Waals surface area contributed by atoms with E-state index in [-0.39, 0.29) is 0 Å². The second kappa shape index (κ2) is 14.1. The number of thioether (sulfide) groups is 2. The molecule has 0 aromatic heterocycles. The van der Waals surface area contributed by atoms with Gasteiger partial charge in [-0.05, 0) is 86.4 Å². The molecular weight excluding hydrogens is 368 g/mol. The van der Waals surface area contributed by atoms with Crippen LogP contribution in [0.4, 0.5) is 0 Å². The first-order valence-electron chi connectivity index (χ1n) is 10.2. The Hall–Kier alpha value is -0.900. The topological polar surface area (TPSA) is 9.23 Å². The molecule has 0 amide bonds. The Balaban J connectivity index is 1.39. The molecule has 0 aliphatic heterocycles. The summed E-state index contributed by atoms with van der Waals surface area (Å²) in [6, 6.07) is 18.0. The molecule has 27 heavy (non-hydrogen) atoms. The van der Waals surface area contributed by atoms with Gasteiger partial charge in [0.2, 0.25) is 0 Å². The van der Waals surface area contributed by atoms with Crippen LogP contribution < -0.4 is 0 Å². The van der Waals surface area contributed by atoms with Crippen LogP contribution in [0.3, 0.4) is 0 Å². The zero-order chi connectivity index (χ0) is 19.2. The normalized spacial score (nSPS) is 11.0. The monoisotopic (exact) mass is 402 g/mol. The molecule has 2 aromatic rings. The summed E-state index contributed by atoms with van der Waals surface area (Å²) in [7, 11) is 0. The van der Waals surface area contributed by atoms with Crippen LogP contribution in [0.15, 0.2) is 58.3 Å². The van der Waals surface area contributed by atoms with Gasteiger partial charge in [-0.2, -0.15) is 0 Å². The first kappa shape index (κ1) is 22.4. The maximum atomic E-state index is 5.79. The van der Waals surface area contributed by atoms with Crippen molar-refractivity contribution in [1.29, 1.82) is 0 Å². The summed E-state index contributed by atoms with van der Waals surface area (Å²) in [5.74, 6) is 0. The fraction of sp³-hybridized carbons (Fsp3) is 0.500. The van der Waals surface area contributed by atoms with Crippen LogP contribution in [-0.4, -0.2) is 25.7 Å². The van der Waals surface area contributed by atoms with E-state index in [9.17, 15) is 0 Å². The number of ether oxygens (including phenoxy) is 1. The van der Waals surface area contributed by atoms with Crippen molar-refractivity contribution < 1.29 is 4.74 Å². The summed E-state index contributed by atoms with van der Waals surface area (Å²) in [5.41, 5.74) is 2.91. The van der Waals surface area contributed by atoms with Crippen LogP contribution >= 0.6 is 23.5 Å². The van der Waals surface area contributed by atoms with E-state index < -0.39 is 0 Å². The Kier molecular flexibility index (Phi) is 11.7. The molecule has 0 bridgehead atoms. The Morgan fingerprint density at radius 1 is 0.556 bits per heavy atom. The van der Waals surface area contributed by atoms with Gasteiger partial charge in [0.05, 0.1) is 0 Å². The molecule has 3 heteroatoms. The molecule has 0 N–H and O–H groups in total. The molecule has 0 atom stereocenters. The van der Waals surface area contributed by atoms with Gasteiger partial charge in [0.1, 0.15) is 0 Å². The lowest BCUT2D eigenvalue weighted by Crippen LogP contribution is -1.98. The molecule has 0 saturated carbocycles. The Labute approximate surface area is 174 Å². The van der Waals surface area contributed by atoms with E-state index >= 15 is 0 Å². The fourth-order valence-electron chi connectivity index (χ4n) is 3.11. The number of aryl methyl sites for hydroxylation is 2. The van der Waals surface area contributed by atoms with Crippen LogP contribution in [0.5, 0.6) is 0 Å². The van der Waals surface area contributed by atoms with E-state index in [2.05, 4.69) is 61.0 Å². The molecule has 0 radical (unpaired) electrons. The lowest BCUT2D eigenvalue weighted by atomic mass is 10.1. The lowest BCUT2D eigenvalue weighted by molar-refractivity contribution is 0.126. The van der Waals surface area contributed by atoms with Gasteiger partial charge in [-0.1, -0.05) is 37.1 Å². The molecule has 0 aliphatic rings. The zero-order valence-electron chi connectivity index (χ0n) is 16.9. The van der Waals surface area contributed by atoms with E-state index in [1.165, 1.54) is 72.3 Å². The second-order valence-electron chi connectivity index (χ2n) is 6.93. The van der Waals surface area contributed by atoms with Gasteiger partial charge in [0.15, 0.2) is 0 Å². The third-order valence-electron chi connectivity index (χ3n) is 4.83. The van der Waals surface area contributed by atoms with Crippen molar-refractivity contribution in [3.63, 3.8) is 0 Å². The minimum atomic E-state index is 0.918. The third-order valence-corrected chi connectivity index (χ3v) is 6.31. The van der Waals surface area contributed by atoms with Gasteiger partial charge in [-0.3, -0.25) is 0 Å². The highest BCUT2D eigenvalue weighted by Crippen LogP contribution is 2.17. The van der Waals surface area contributed by atoms with Crippen molar-refractivity contribution in [2.24, 2.45) is 0 Å². The fourth-order valence-corrected chi connectivity index (χ4v) is 3.92. The predicted molar refractivity (Wildman–Crippen MR) is 122 cm³/mol. The maximum Gasteiger partial charge on any atom is 0.0466 e. The van der Waals surface area contributed by atoms with Gasteiger partial charge in [-0.25, -0.2) is 0 Å². The molecular formula is C24H34OS2. The van der Waals surface area contributed by atoms with Crippen molar-refractivity contribution in [2.45, 2.75) is 61.2 Å². The molecule has 0 spiro atoms. The highest BCUT2D eigenvalue weighted by atomic mass is 32.2. The summed E-state index contributed by atoms with van der Waals surface area (Å²) in [6.07, 6.45) is 14.0. The van der Waals surface area contributed by atoms with Crippen LogP contribution in [0, 0.1) is 0 Å². The van der Waals surface area contributed by atoms with Gasteiger partial charge in [0, 0.05) is 23.0 Å². The highest BCUT2D eigenvalue weighted by molar-refractivity contribution is 7.98. The van der Waals surface area contributed by atoms with Crippen LogP contribution in [0.25, 0.3) is 0 Å². The molecule has 0 aliphatic carbocycles. The Morgan fingerprint density at radius 2 is 0.963 bits per heavy atom. The summed E-state index contributed by atoms with van der Waals surface area (Å²) in [6.45, 7) is 1.84. The third kappa shape index (κ3) is 9.73. The van der Waals surface area contributed by atoms with E-state index in [4.69, 9.17) is 4.74 Å². The second-order valence-corrected chi connectivity index (χ2v) is 8.69. The van der Waals surface area contributed by atoms with Crippen LogP contribution in [0.2, 0.25) is 0 Å². The van der Waals surface area contributed by atoms with Gasteiger partial charge < -0.3 is 4.74 Å². The maximum absolute atomic E-state index is 5.79. The van der Waals surface area contributed by atoms with Crippen molar-refractivity contribution in [2.75, 3.05) is 25.7 Å². The number of hydrogen-bond acceptors (Lipinski definition) is 3. The zero-order valence-corrected chi connectivity index (χ0v) is 18.5. The first-order valence-corrected chi connectivity index (χ1v) is 12.6. The Morgan fingerprint density at radius 3 is 1.33 bits per heavy atom. The van der Waals surface area contributed by atoms with E-state index in [0.717, 1.165) is 13.2 Å². The minimum Gasteiger partial charge on any atom is -0.381 e. The summed E-state index contributed by atoms with van der Waals surface area (Å²) in [5, 5.41) is 0. The lowest BCUT2D eigenvalue weighted by Gasteiger charge is -2.06. The smallest absolute Gasteiger partial charge is 0.0466 e. The number of rotatable bonds is 14. The number of benzene rings is 2. The summed E-state index contributed by atoms with van der Waals surface area (Å²) >= 11 is 3.61. The molecule has 1 nitrogen and oxygen atoms in total. The molecule has 0 unspecified atom stereocenters. The van der Waals surface area contributed by atoms with Gasteiger partial charge in [-0.15, -0.1) is 23.5 Å². The van der Waals surface area contributed by atoms with E-state index in [0.29, 0.717) is 0 Å². The van der Waals surface area contributed by atoms with Gasteiger partial charge in [0.25, 0.3) is 0 Å². The van der Waals surface area contributed by atoms with E-state index in [1.54, 1.807) is 23.5 Å². The quantitative estimate of drug-likeness (QED) is 0.243. The van der Waals surface area contributed by atoms with Crippen molar-refractivity contribution in [1.82, 2.24) is 0 Å². The molecule has 148 valence electrons. The molecule has 0 heterocycles. The highest BCUT2D eigenvalue weighted by Gasteiger charge is 1.97. The van der Waals surface area contributed by atoms with Crippen LogP contribution in [0.1, 0.15) is 49.7 Å². The standard InChI is InChI=1S/C24H34OS2/c1-26-23-15-11-21(12-16-23)9-5-3-7-19-25-20-8-4-6-10-22-13-17-24(27-2)18-14-22/h11-18H,3-10,19-20H2,1-2H3. The SMILES string of the molecule is CSc1ccc(CCCCCOCCCCCc2ccc(SC)cc2)cc1. The number of unbranched alkanes of at least 4 members (excludes halogenated alkanes) is 4. The molecule has 2 rings (SSSR count). The molecule has 0 saturated heterocycles. The van der Waals surface area contributed by atoms with Crippen LogP contribution in [-0.2, 0) is 17.6 Å². The van der Waals surface area contributed by atoms with E-state index in [1.807, 2.05) is 0 Å². The van der Waals surface area contributed by atoms with Crippen molar-refractivity contribution >= 4 is 23.5 Å². The average molecular weight is 403 g/mol. The first-order chi connectivity index (χ1) is 13.3. The summed E-state index contributed by atoms with van der Waals surface area (Å²) < 4.78 is 5.79. The van der Waals surface area contributed by atoms with Gasteiger partial charge >= 0.3 is 0 Å². The number of hydrogen-bond donors (Lipinski definition) is 0. The predicted octanol–water partition coefficient (Wildman–Crippen LogP) is 7.27. The Bertz CT molecular complexity index is 552. The average Bonchev–Trinajstić information content (AvgIpc) is 2.73. The van der Waals surface area contributed by atoms with Crippen molar-refractivity contribution in [3.8, 4) is 0 Å². The van der Waals surface area contributed by atoms with Crippen molar-refractivity contribution in [3.05, 3.63) is 59.7 Å². The molecule has 0 fully saturated rings.